The summed E-state index contributed by atoms with van der Waals surface area (Å²) < 4.78 is 19.1. The van der Waals surface area contributed by atoms with Gasteiger partial charge in [0.15, 0.2) is 6.04 Å². The summed E-state index contributed by atoms with van der Waals surface area (Å²) in [6, 6.07) is 12.8. The van der Waals surface area contributed by atoms with E-state index in [2.05, 4.69) is 21.2 Å². The molecule has 0 heterocycles. The SMILES string of the molecule is CCOC(=O)C(Nc1cc(F)ccc1Br)c1ccccc1. The van der Waals surface area contributed by atoms with Crippen molar-refractivity contribution in [2.45, 2.75) is 13.0 Å². The number of benzene rings is 2. The molecule has 0 aliphatic rings. The first-order chi connectivity index (χ1) is 10.1. The molecule has 0 radical (unpaired) electrons. The molecule has 110 valence electrons. The highest BCUT2D eigenvalue weighted by Gasteiger charge is 2.22. The molecule has 0 aliphatic carbocycles. The zero-order chi connectivity index (χ0) is 15.2. The summed E-state index contributed by atoms with van der Waals surface area (Å²) in [5.74, 6) is -0.781. The van der Waals surface area contributed by atoms with Crippen molar-refractivity contribution >= 4 is 27.6 Å². The molecular formula is C16H15BrFNO2. The number of rotatable bonds is 5. The second-order valence-corrected chi connectivity index (χ2v) is 5.22. The molecule has 0 aliphatic heterocycles. The first-order valence-corrected chi connectivity index (χ1v) is 7.34. The number of carbonyl (C=O) groups excluding carboxylic acids is 1. The number of hydrogen-bond acceptors (Lipinski definition) is 3. The predicted octanol–water partition coefficient (Wildman–Crippen LogP) is 4.30. The van der Waals surface area contributed by atoms with Crippen LogP contribution in [-0.4, -0.2) is 12.6 Å². The molecule has 0 aromatic heterocycles. The Morgan fingerprint density at radius 3 is 2.67 bits per heavy atom. The van der Waals surface area contributed by atoms with Gasteiger partial charge in [0.25, 0.3) is 0 Å². The summed E-state index contributed by atoms with van der Waals surface area (Å²) in [7, 11) is 0. The molecule has 0 saturated heterocycles. The third-order valence-electron chi connectivity index (χ3n) is 2.88. The zero-order valence-electron chi connectivity index (χ0n) is 11.5. The van der Waals surface area contributed by atoms with Crippen molar-refractivity contribution in [3.63, 3.8) is 0 Å². The van der Waals surface area contributed by atoms with Crippen molar-refractivity contribution in [3.8, 4) is 0 Å². The summed E-state index contributed by atoms with van der Waals surface area (Å²) in [4.78, 5) is 12.2. The molecule has 1 atom stereocenters. The van der Waals surface area contributed by atoms with E-state index in [-0.39, 0.29) is 12.4 Å². The highest BCUT2D eigenvalue weighted by molar-refractivity contribution is 9.10. The Kier molecular flexibility index (Phi) is 5.33. The van der Waals surface area contributed by atoms with E-state index < -0.39 is 12.0 Å². The van der Waals surface area contributed by atoms with E-state index in [1.54, 1.807) is 13.0 Å². The fraction of sp³-hybridized carbons (Fsp3) is 0.188. The zero-order valence-corrected chi connectivity index (χ0v) is 13.1. The molecule has 2 aromatic rings. The highest BCUT2D eigenvalue weighted by Crippen LogP contribution is 2.28. The van der Waals surface area contributed by atoms with E-state index in [0.29, 0.717) is 10.2 Å². The molecule has 0 saturated carbocycles. The van der Waals surface area contributed by atoms with Crippen molar-refractivity contribution in [2.24, 2.45) is 0 Å². The van der Waals surface area contributed by atoms with Crippen LogP contribution in [0.25, 0.3) is 0 Å². The van der Waals surface area contributed by atoms with Crippen LogP contribution in [-0.2, 0) is 9.53 Å². The summed E-state index contributed by atoms with van der Waals surface area (Å²) in [6.07, 6.45) is 0. The van der Waals surface area contributed by atoms with Crippen LogP contribution in [0.5, 0.6) is 0 Å². The van der Waals surface area contributed by atoms with Crippen molar-refractivity contribution in [2.75, 3.05) is 11.9 Å². The van der Waals surface area contributed by atoms with Crippen LogP contribution in [0.3, 0.4) is 0 Å². The topological polar surface area (TPSA) is 38.3 Å². The summed E-state index contributed by atoms with van der Waals surface area (Å²) in [5.41, 5.74) is 1.25. The van der Waals surface area contributed by atoms with Crippen molar-refractivity contribution in [1.29, 1.82) is 0 Å². The fourth-order valence-electron chi connectivity index (χ4n) is 1.91. The van der Waals surface area contributed by atoms with Gasteiger partial charge in [-0.2, -0.15) is 0 Å². The molecular weight excluding hydrogens is 337 g/mol. The molecule has 0 fully saturated rings. The van der Waals surface area contributed by atoms with E-state index in [4.69, 9.17) is 4.74 Å². The average Bonchev–Trinajstić information content (AvgIpc) is 2.49. The second-order valence-electron chi connectivity index (χ2n) is 4.36. The molecule has 1 N–H and O–H groups in total. The predicted molar refractivity (Wildman–Crippen MR) is 83.5 cm³/mol. The lowest BCUT2D eigenvalue weighted by atomic mass is 10.1. The van der Waals surface area contributed by atoms with Crippen molar-refractivity contribution < 1.29 is 13.9 Å². The first-order valence-electron chi connectivity index (χ1n) is 6.55. The van der Waals surface area contributed by atoms with E-state index in [1.165, 1.54) is 12.1 Å². The number of nitrogens with one attached hydrogen (secondary N) is 1. The second kappa shape index (κ2) is 7.22. The molecule has 1 unspecified atom stereocenters. The minimum atomic E-state index is -0.691. The third kappa shape index (κ3) is 4.04. The van der Waals surface area contributed by atoms with Gasteiger partial charge in [-0.15, -0.1) is 0 Å². The van der Waals surface area contributed by atoms with Gasteiger partial charge in [-0.1, -0.05) is 30.3 Å². The Labute approximate surface area is 131 Å². The Bertz CT molecular complexity index is 619. The lowest BCUT2D eigenvalue weighted by Gasteiger charge is -2.19. The van der Waals surface area contributed by atoms with E-state index in [1.807, 2.05) is 30.3 Å². The molecule has 0 spiro atoms. The summed E-state index contributed by atoms with van der Waals surface area (Å²) >= 11 is 3.34. The summed E-state index contributed by atoms with van der Waals surface area (Å²) in [5, 5.41) is 3.03. The molecule has 0 bridgehead atoms. The Balaban J connectivity index is 2.32. The van der Waals surface area contributed by atoms with Crippen LogP contribution >= 0.6 is 15.9 Å². The van der Waals surface area contributed by atoms with Gasteiger partial charge in [0.2, 0.25) is 0 Å². The van der Waals surface area contributed by atoms with E-state index >= 15 is 0 Å². The number of esters is 1. The number of halogens is 2. The Morgan fingerprint density at radius 2 is 2.00 bits per heavy atom. The minimum Gasteiger partial charge on any atom is -0.464 e. The monoisotopic (exact) mass is 351 g/mol. The van der Waals surface area contributed by atoms with Crippen LogP contribution in [0.4, 0.5) is 10.1 Å². The highest BCUT2D eigenvalue weighted by atomic mass is 79.9. The van der Waals surface area contributed by atoms with Gasteiger partial charge in [0, 0.05) is 4.47 Å². The van der Waals surface area contributed by atoms with Gasteiger partial charge in [-0.3, -0.25) is 0 Å². The van der Waals surface area contributed by atoms with Gasteiger partial charge in [0.05, 0.1) is 12.3 Å². The molecule has 3 nitrogen and oxygen atoms in total. The van der Waals surface area contributed by atoms with Crippen LogP contribution < -0.4 is 5.32 Å². The van der Waals surface area contributed by atoms with Crippen molar-refractivity contribution in [1.82, 2.24) is 0 Å². The molecule has 5 heteroatoms. The van der Waals surface area contributed by atoms with Gasteiger partial charge >= 0.3 is 5.97 Å². The number of ether oxygens (including phenoxy) is 1. The van der Waals surface area contributed by atoms with Crippen LogP contribution in [0.15, 0.2) is 53.0 Å². The maximum atomic E-state index is 13.4. The third-order valence-corrected chi connectivity index (χ3v) is 3.57. The van der Waals surface area contributed by atoms with Crippen LogP contribution in [0.2, 0.25) is 0 Å². The van der Waals surface area contributed by atoms with Gasteiger partial charge < -0.3 is 10.1 Å². The number of hydrogen-bond donors (Lipinski definition) is 1. The van der Waals surface area contributed by atoms with Crippen molar-refractivity contribution in [3.05, 3.63) is 64.4 Å². The quantitative estimate of drug-likeness (QED) is 0.816. The van der Waals surface area contributed by atoms with E-state index in [9.17, 15) is 9.18 Å². The Morgan fingerprint density at radius 1 is 1.29 bits per heavy atom. The maximum Gasteiger partial charge on any atom is 0.333 e. The molecule has 2 aromatic carbocycles. The normalized spacial score (nSPS) is 11.8. The number of anilines is 1. The van der Waals surface area contributed by atoms with Crippen LogP contribution in [0, 0.1) is 5.82 Å². The minimum absolute atomic E-state index is 0.286. The van der Waals surface area contributed by atoms with Crippen LogP contribution in [0.1, 0.15) is 18.5 Å². The maximum absolute atomic E-state index is 13.4. The molecule has 21 heavy (non-hydrogen) atoms. The standard InChI is InChI=1S/C16H15BrFNO2/c1-2-21-16(20)15(11-6-4-3-5-7-11)19-14-10-12(18)8-9-13(14)17/h3-10,15,19H,2H2,1H3. The average molecular weight is 352 g/mol. The lowest BCUT2D eigenvalue weighted by molar-refractivity contribution is -0.144. The molecule has 0 amide bonds. The Hall–Kier alpha value is -1.88. The lowest BCUT2D eigenvalue weighted by Crippen LogP contribution is -2.23. The van der Waals surface area contributed by atoms with E-state index in [0.717, 1.165) is 5.56 Å². The smallest absolute Gasteiger partial charge is 0.333 e. The number of carbonyl (C=O) groups is 1. The first kappa shape index (κ1) is 15.5. The fourth-order valence-corrected chi connectivity index (χ4v) is 2.27. The molecule has 2 rings (SSSR count). The van der Waals surface area contributed by atoms with Gasteiger partial charge in [-0.25, -0.2) is 9.18 Å². The van der Waals surface area contributed by atoms with Gasteiger partial charge in [-0.05, 0) is 46.6 Å². The summed E-state index contributed by atoms with van der Waals surface area (Å²) in [6.45, 7) is 2.03. The van der Waals surface area contributed by atoms with Gasteiger partial charge in [0.1, 0.15) is 5.82 Å². The largest absolute Gasteiger partial charge is 0.464 e.